The molecule has 0 aromatic heterocycles. The maximum absolute atomic E-state index is 11.0. The fourth-order valence-electron chi connectivity index (χ4n) is 1.16. The Morgan fingerprint density at radius 2 is 2.08 bits per heavy atom. The average molecular weight is 193 g/mol. The molecule has 0 bridgehead atoms. The molecule has 0 heterocycles. The fraction of sp³-hybridized carbons (Fsp3) is 0.833. The van der Waals surface area contributed by atoms with Gasteiger partial charge in [0.05, 0.1) is 18.3 Å². The van der Waals surface area contributed by atoms with Crippen LogP contribution in [0.25, 0.3) is 0 Å². The Kier molecular flexibility index (Phi) is 2.13. The molecule has 0 atom stereocenters. The molecule has 1 fully saturated rings. The number of hydrogen-bond acceptors (Lipinski definition) is 4. The maximum Gasteiger partial charge on any atom is 0.312 e. The molecular formula is C6H11NO4S. The highest BCUT2D eigenvalue weighted by Crippen LogP contribution is 2.47. The molecule has 5 nitrogen and oxygen atoms in total. The van der Waals surface area contributed by atoms with E-state index >= 15 is 0 Å². The van der Waals surface area contributed by atoms with Gasteiger partial charge in [-0.15, -0.1) is 0 Å². The van der Waals surface area contributed by atoms with E-state index in [2.05, 4.69) is 4.74 Å². The van der Waals surface area contributed by atoms with Gasteiger partial charge in [0, 0.05) is 0 Å². The van der Waals surface area contributed by atoms with Crippen LogP contribution >= 0.6 is 0 Å². The van der Waals surface area contributed by atoms with E-state index in [0.29, 0.717) is 12.8 Å². The van der Waals surface area contributed by atoms with Gasteiger partial charge in [-0.2, -0.15) is 0 Å². The van der Waals surface area contributed by atoms with Crippen molar-refractivity contribution in [2.45, 2.75) is 12.8 Å². The number of carbonyl (C=O) groups excluding carboxylic acids is 1. The third-order valence-corrected chi connectivity index (χ3v) is 2.90. The molecule has 0 radical (unpaired) electrons. The van der Waals surface area contributed by atoms with Crippen molar-refractivity contribution in [1.29, 1.82) is 0 Å². The molecule has 2 N–H and O–H groups in total. The van der Waals surface area contributed by atoms with Gasteiger partial charge in [0.25, 0.3) is 0 Å². The minimum Gasteiger partial charge on any atom is -0.469 e. The zero-order chi connectivity index (χ0) is 9.41. The molecule has 12 heavy (non-hydrogen) atoms. The van der Waals surface area contributed by atoms with Gasteiger partial charge in [0.15, 0.2) is 0 Å². The number of hydrogen-bond donors (Lipinski definition) is 1. The second-order valence-electron chi connectivity index (χ2n) is 3.08. The Morgan fingerprint density at radius 1 is 1.58 bits per heavy atom. The molecule has 1 aliphatic carbocycles. The Balaban J connectivity index is 2.69. The van der Waals surface area contributed by atoms with Crippen LogP contribution in [0.2, 0.25) is 0 Å². The zero-order valence-electron chi connectivity index (χ0n) is 6.74. The number of sulfonamides is 1. The summed E-state index contributed by atoms with van der Waals surface area (Å²) < 4.78 is 25.8. The first-order valence-electron chi connectivity index (χ1n) is 3.48. The molecule has 0 saturated heterocycles. The molecular weight excluding hydrogens is 182 g/mol. The molecule has 70 valence electrons. The molecule has 1 aliphatic rings. The van der Waals surface area contributed by atoms with E-state index in [1.807, 2.05) is 0 Å². The van der Waals surface area contributed by atoms with E-state index in [1.54, 1.807) is 0 Å². The van der Waals surface area contributed by atoms with Crippen molar-refractivity contribution >= 4 is 16.0 Å². The summed E-state index contributed by atoms with van der Waals surface area (Å²) in [5.41, 5.74) is -0.831. The Morgan fingerprint density at radius 3 is 2.33 bits per heavy atom. The van der Waals surface area contributed by atoms with Gasteiger partial charge < -0.3 is 4.74 Å². The number of carbonyl (C=O) groups is 1. The van der Waals surface area contributed by atoms with Gasteiger partial charge in [0.1, 0.15) is 0 Å². The summed E-state index contributed by atoms with van der Waals surface area (Å²) in [7, 11) is -2.33. The van der Waals surface area contributed by atoms with Crippen molar-refractivity contribution in [2.75, 3.05) is 12.9 Å². The van der Waals surface area contributed by atoms with E-state index in [1.165, 1.54) is 7.11 Å². The van der Waals surface area contributed by atoms with Gasteiger partial charge in [-0.3, -0.25) is 4.79 Å². The highest BCUT2D eigenvalue weighted by Gasteiger charge is 2.53. The summed E-state index contributed by atoms with van der Waals surface area (Å²) in [6.45, 7) is 0. The summed E-state index contributed by atoms with van der Waals surface area (Å²) in [5.74, 6) is -0.774. The number of nitrogens with two attached hydrogens (primary N) is 1. The van der Waals surface area contributed by atoms with Crippen molar-refractivity contribution in [1.82, 2.24) is 0 Å². The van der Waals surface area contributed by atoms with Crippen molar-refractivity contribution in [3.63, 3.8) is 0 Å². The standard InChI is InChI=1S/C6H11NO4S/c1-11-5(8)6(2-3-6)4-12(7,9)10/h2-4H2,1H3,(H2,7,9,10). The van der Waals surface area contributed by atoms with E-state index in [-0.39, 0.29) is 5.75 Å². The minimum absolute atomic E-state index is 0.299. The molecule has 0 aliphatic heterocycles. The van der Waals surface area contributed by atoms with Crippen molar-refractivity contribution in [3.05, 3.63) is 0 Å². The lowest BCUT2D eigenvalue weighted by atomic mass is 10.1. The largest absolute Gasteiger partial charge is 0.469 e. The molecule has 0 aromatic rings. The predicted octanol–water partition coefficient (Wildman–Crippen LogP) is -0.772. The van der Waals surface area contributed by atoms with Gasteiger partial charge in [0.2, 0.25) is 10.0 Å². The molecule has 6 heteroatoms. The van der Waals surface area contributed by atoms with Crippen molar-refractivity contribution in [2.24, 2.45) is 10.6 Å². The molecule has 0 spiro atoms. The van der Waals surface area contributed by atoms with Crippen LogP contribution in [-0.2, 0) is 19.6 Å². The van der Waals surface area contributed by atoms with Crippen LogP contribution in [0.1, 0.15) is 12.8 Å². The fourth-order valence-corrected chi connectivity index (χ4v) is 2.34. The Hall–Kier alpha value is -0.620. The zero-order valence-corrected chi connectivity index (χ0v) is 7.56. The Bertz CT molecular complexity index is 291. The summed E-state index contributed by atoms with van der Waals surface area (Å²) >= 11 is 0. The molecule has 0 aromatic carbocycles. The van der Waals surface area contributed by atoms with E-state index in [4.69, 9.17) is 5.14 Å². The molecule has 0 amide bonds. The predicted molar refractivity (Wildman–Crippen MR) is 41.7 cm³/mol. The number of esters is 1. The van der Waals surface area contributed by atoms with Crippen LogP contribution in [0.5, 0.6) is 0 Å². The van der Waals surface area contributed by atoms with Gasteiger partial charge in [-0.25, -0.2) is 13.6 Å². The van der Waals surface area contributed by atoms with Crippen LogP contribution in [0.3, 0.4) is 0 Å². The SMILES string of the molecule is COC(=O)C1(CS(N)(=O)=O)CC1. The summed E-state index contributed by atoms with van der Waals surface area (Å²) in [6.07, 6.45) is 1.10. The average Bonchev–Trinajstić information content (AvgIpc) is 2.64. The normalized spacial score (nSPS) is 20.2. The topological polar surface area (TPSA) is 86.5 Å². The molecule has 1 saturated carbocycles. The highest BCUT2D eigenvalue weighted by molar-refractivity contribution is 7.89. The van der Waals surface area contributed by atoms with Crippen LogP contribution in [0, 0.1) is 5.41 Å². The van der Waals surface area contributed by atoms with E-state index in [9.17, 15) is 13.2 Å². The third-order valence-electron chi connectivity index (χ3n) is 1.95. The van der Waals surface area contributed by atoms with Gasteiger partial charge >= 0.3 is 5.97 Å². The lowest BCUT2D eigenvalue weighted by Crippen LogP contribution is -2.30. The van der Waals surface area contributed by atoms with Gasteiger partial charge in [-0.05, 0) is 12.8 Å². The number of rotatable bonds is 3. The lowest BCUT2D eigenvalue weighted by Gasteiger charge is -2.09. The van der Waals surface area contributed by atoms with Crippen molar-refractivity contribution < 1.29 is 17.9 Å². The van der Waals surface area contributed by atoms with Crippen molar-refractivity contribution in [3.8, 4) is 0 Å². The Labute approximate surface area is 70.9 Å². The van der Waals surface area contributed by atoms with Crippen LogP contribution in [0.15, 0.2) is 0 Å². The molecule has 0 unspecified atom stereocenters. The molecule has 1 rings (SSSR count). The first-order valence-corrected chi connectivity index (χ1v) is 5.20. The smallest absolute Gasteiger partial charge is 0.312 e. The van der Waals surface area contributed by atoms with E-state index in [0.717, 1.165) is 0 Å². The summed E-state index contributed by atoms with van der Waals surface area (Å²) in [4.78, 5) is 11.0. The summed E-state index contributed by atoms with van der Waals surface area (Å²) in [5, 5.41) is 4.82. The first kappa shape index (κ1) is 9.47. The highest BCUT2D eigenvalue weighted by atomic mass is 32.2. The number of primary sulfonamides is 1. The van der Waals surface area contributed by atoms with Gasteiger partial charge in [-0.1, -0.05) is 0 Å². The van der Waals surface area contributed by atoms with E-state index < -0.39 is 21.4 Å². The number of methoxy groups -OCH3 is 1. The monoisotopic (exact) mass is 193 g/mol. The second-order valence-corrected chi connectivity index (χ2v) is 4.69. The van der Waals surface area contributed by atoms with Crippen LogP contribution in [-0.4, -0.2) is 27.2 Å². The minimum atomic E-state index is -3.58. The quantitative estimate of drug-likeness (QED) is 0.596. The number of ether oxygens (including phenoxy) is 1. The second kappa shape index (κ2) is 2.70. The van der Waals surface area contributed by atoms with Crippen LogP contribution in [0.4, 0.5) is 0 Å². The van der Waals surface area contributed by atoms with Crippen LogP contribution < -0.4 is 5.14 Å². The lowest BCUT2D eigenvalue weighted by molar-refractivity contribution is -0.146. The third kappa shape index (κ3) is 1.95. The summed E-state index contributed by atoms with van der Waals surface area (Å²) in [6, 6.07) is 0. The first-order chi connectivity index (χ1) is 5.40. The maximum atomic E-state index is 11.0.